The van der Waals surface area contributed by atoms with Gasteiger partial charge in [-0.15, -0.1) is 0 Å². The molecule has 1 aliphatic carbocycles. The van der Waals surface area contributed by atoms with Gasteiger partial charge in [0.1, 0.15) is 17.5 Å². The highest BCUT2D eigenvalue weighted by Gasteiger charge is 2.26. The number of pyridine rings is 1. The summed E-state index contributed by atoms with van der Waals surface area (Å²) in [6.07, 6.45) is 4.41. The Bertz CT molecular complexity index is 706. The van der Waals surface area contributed by atoms with E-state index in [9.17, 15) is 8.78 Å². The third kappa shape index (κ3) is 4.09. The summed E-state index contributed by atoms with van der Waals surface area (Å²) in [6, 6.07) is 6.04. The number of anilines is 2. The molecule has 0 amide bonds. The Kier molecular flexibility index (Phi) is 4.81. The second kappa shape index (κ2) is 6.85. The Morgan fingerprint density at radius 1 is 1.17 bits per heavy atom. The van der Waals surface area contributed by atoms with Crippen molar-refractivity contribution in [2.75, 3.05) is 12.4 Å². The zero-order valence-electron chi connectivity index (χ0n) is 14.3. The summed E-state index contributed by atoms with van der Waals surface area (Å²) < 4.78 is 26.6. The largest absolute Gasteiger partial charge is 0.340 e. The maximum atomic E-state index is 13.3. The second-order valence-corrected chi connectivity index (χ2v) is 6.85. The van der Waals surface area contributed by atoms with Gasteiger partial charge in [-0.2, -0.15) is 0 Å². The van der Waals surface area contributed by atoms with Gasteiger partial charge in [0.05, 0.1) is 0 Å². The molecule has 1 saturated carbocycles. The third-order valence-electron chi connectivity index (χ3n) is 4.37. The van der Waals surface area contributed by atoms with Crippen LogP contribution < -0.4 is 5.32 Å². The van der Waals surface area contributed by atoms with E-state index in [4.69, 9.17) is 0 Å². The van der Waals surface area contributed by atoms with Crippen LogP contribution in [-0.2, 0) is 6.54 Å². The lowest BCUT2D eigenvalue weighted by atomic mass is 9.98. The molecule has 0 atom stereocenters. The fourth-order valence-electron chi connectivity index (χ4n) is 2.92. The van der Waals surface area contributed by atoms with Crippen molar-refractivity contribution in [3.8, 4) is 0 Å². The Labute approximate surface area is 141 Å². The highest BCUT2D eigenvalue weighted by Crippen LogP contribution is 2.30. The van der Waals surface area contributed by atoms with Crippen LogP contribution in [0.1, 0.15) is 43.7 Å². The first-order chi connectivity index (χ1) is 11.4. The van der Waals surface area contributed by atoms with Crippen LogP contribution in [0.4, 0.5) is 20.3 Å². The van der Waals surface area contributed by atoms with E-state index in [1.54, 1.807) is 0 Å². The molecular weight excluding hydrogens is 308 g/mol. The number of hydrogen-bond acceptors (Lipinski definition) is 3. The average molecular weight is 331 g/mol. The van der Waals surface area contributed by atoms with Crippen molar-refractivity contribution in [1.29, 1.82) is 0 Å². The third-order valence-corrected chi connectivity index (χ3v) is 4.37. The summed E-state index contributed by atoms with van der Waals surface area (Å²) in [5.74, 6) is -0.268. The van der Waals surface area contributed by atoms with E-state index in [2.05, 4.69) is 36.1 Å². The fourth-order valence-corrected chi connectivity index (χ4v) is 2.92. The van der Waals surface area contributed by atoms with Crippen LogP contribution in [0.5, 0.6) is 0 Å². The second-order valence-electron chi connectivity index (χ2n) is 6.85. The zero-order chi connectivity index (χ0) is 17.3. The maximum absolute atomic E-state index is 13.3. The van der Waals surface area contributed by atoms with Gasteiger partial charge in [0.25, 0.3) is 0 Å². The molecule has 24 heavy (non-hydrogen) atoms. The summed E-state index contributed by atoms with van der Waals surface area (Å²) in [4.78, 5) is 6.79. The number of hydrogen-bond donors (Lipinski definition) is 1. The van der Waals surface area contributed by atoms with Gasteiger partial charge in [0.15, 0.2) is 0 Å². The molecule has 1 heterocycles. The van der Waals surface area contributed by atoms with Gasteiger partial charge in [0.2, 0.25) is 0 Å². The molecule has 2 aromatic rings. The van der Waals surface area contributed by atoms with Crippen molar-refractivity contribution in [2.45, 2.75) is 45.2 Å². The molecular formula is C19H23F2N3. The summed E-state index contributed by atoms with van der Waals surface area (Å²) in [6.45, 7) is 5.16. The SMILES string of the molecule is CC(C)c1cc(Nc2cc(F)cc(F)c2)ncc1CN(C)C1CC1. The van der Waals surface area contributed by atoms with Gasteiger partial charge < -0.3 is 5.32 Å². The van der Waals surface area contributed by atoms with Crippen LogP contribution in [-0.4, -0.2) is 23.0 Å². The van der Waals surface area contributed by atoms with E-state index in [1.807, 2.05) is 12.3 Å². The summed E-state index contributed by atoms with van der Waals surface area (Å²) >= 11 is 0. The topological polar surface area (TPSA) is 28.2 Å². The van der Waals surface area contributed by atoms with Crippen LogP contribution in [0, 0.1) is 11.6 Å². The fraction of sp³-hybridized carbons (Fsp3) is 0.421. The highest BCUT2D eigenvalue weighted by molar-refractivity contribution is 5.57. The van der Waals surface area contributed by atoms with Crippen LogP contribution in [0.2, 0.25) is 0 Å². The number of halogens is 2. The van der Waals surface area contributed by atoms with Gasteiger partial charge in [0, 0.05) is 30.5 Å². The van der Waals surface area contributed by atoms with Gasteiger partial charge >= 0.3 is 0 Å². The molecule has 1 aromatic carbocycles. The maximum Gasteiger partial charge on any atom is 0.130 e. The summed E-state index contributed by atoms with van der Waals surface area (Å²) in [5, 5.41) is 2.99. The van der Waals surface area contributed by atoms with Crippen LogP contribution in [0.25, 0.3) is 0 Å². The van der Waals surface area contributed by atoms with Gasteiger partial charge in [-0.3, -0.25) is 4.90 Å². The average Bonchev–Trinajstić information content (AvgIpc) is 3.32. The first-order valence-corrected chi connectivity index (χ1v) is 8.34. The van der Waals surface area contributed by atoms with E-state index in [-0.39, 0.29) is 0 Å². The first kappa shape index (κ1) is 16.8. The Morgan fingerprint density at radius 3 is 2.42 bits per heavy atom. The molecule has 128 valence electrons. The monoisotopic (exact) mass is 331 g/mol. The lowest BCUT2D eigenvalue weighted by Gasteiger charge is -2.20. The predicted molar refractivity (Wildman–Crippen MR) is 92.5 cm³/mol. The lowest BCUT2D eigenvalue weighted by molar-refractivity contribution is 0.314. The highest BCUT2D eigenvalue weighted by atomic mass is 19.1. The van der Waals surface area contributed by atoms with Crippen molar-refractivity contribution in [3.63, 3.8) is 0 Å². The van der Waals surface area contributed by atoms with Crippen molar-refractivity contribution >= 4 is 11.5 Å². The minimum atomic E-state index is -0.607. The van der Waals surface area contributed by atoms with Gasteiger partial charge in [-0.1, -0.05) is 13.8 Å². The number of nitrogens with zero attached hydrogens (tertiary/aromatic N) is 2. The van der Waals surface area contributed by atoms with Crippen molar-refractivity contribution in [1.82, 2.24) is 9.88 Å². The smallest absolute Gasteiger partial charge is 0.130 e. The van der Waals surface area contributed by atoms with E-state index in [1.165, 1.54) is 36.1 Å². The number of rotatable bonds is 6. The summed E-state index contributed by atoms with van der Waals surface area (Å²) in [7, 11) is 2.14. The van der Waals surface area contributed by atoms with Crippen molar-refractivity contribution < 1.29 is 8.78 Å². The van der Waals surface area contributed by atoms with Crippen molar-refractivity contribution in [2.24, 2.45) is 0 Å². The Morgan fingerprint density at radius 2 is 1.83 bits per heavy atom. The molecule has 1 fully saturated rings. The standard InChI is InChI=1S/C19H23F2N3/c1-12(2)18-9-19(23-16-7-14(20)6-15(21)8-16)22-10-13(18)11-24(3)17-4-5-17/h6-10,12,17H,4-5,11H2,1-3H3,(H,22,23). The molecule has 0 spiro atoms. The Hall–Kier alpha value is -2.01. The van der Waals surface area contributed by atoms with Gasteiger partial charge in [-0.05, 0) is 55.1 Å². The molecule has 0 unspecified atom stereocenters. The normalized spacial score (nSPS) is 14.5. The number of aromatic nitrogens is 1. The molecule has 1 aromatic heterocycles. The van der Waals surface area contributed by atoms with Crippen LogP contribution in [0.3, 0.4) is 0 Å². The molecule has 3 nitrogen and oxygen atoms in total. The molecule has 0 radical (unpaired) electrons. The van der Waals surface area contributed by atoms with Crippen LogP contribution >= 0.6 is 0 Å². The predicted octanol–water partition coefficient (Wildman–Crippen LogP) is 4.82. The molecule has 3 rings (SSSR count). The number of benzene rings is 1. The molecule has 0 saturated heterocycles. The molecule has 1 aliphatic rings. The van der Waals surface area contributed by atoms with E-state index in [0.29, 0.717) is 23.5 Å². The minimum absolute atomic E-state index is 0.348. The minimum Gasteiger partial charge on any atom is -0.340 e. The molecule has 5 heteroatoms. The Balaban J connectivity index is 1.82. The molecule has 1 N–H and O–H groups in total. The zero-order valence-corrected chi connectivity index (χ0v) is 14.3. The quantitative estimate of drug-likeness (QED) is 0.822. The van der Waals surface area contributed by atoms with Gasteiger partial charge in [-0.25, -0.2) is 13.8 Å². The van der Waals surface area contributed by atoms with Crippen molar-refractivity contribution in [3.05, 3.63) is 53.2 Å². The van der Waals surface area contributed by atoms with E-state index in [0.717, 1.165) is 12.6 Å². The van der Waals surface area contributed by atoms with E-state index < -0.39 is 11.6 Å². The lowest BCUT2D eigenvalue weighted by Crippen LogP contribution is -2.21. The first-order valence-electron chi connectivity index (χ1n) is 8.34. The van der Waals surface area contributed by atoms with Crippen LogP contribution in [0.15, 0.2) is 30.5 Å². The molecule has 0 bridgehead atoms. The summed E-state index contributed by atoms with van der Waals surface area (Å²) in [5.41, 5.74) is 2.77. The molecule has 0 aliphatic heterocycles. The van der Waals surface area contributed by atoms with E-state index >= 15 is 0 Å². The number of nitrogens with one attached hydrogen (secondary N) is 1.